The van der Waals surface area contributed by atoms with E-state index in [1.54, 1.807) is 0 Å². The minimum Gasteiger partial charge on any atom is -0.237 e. The quantitative estimate of drug-likeness (QED) is 0.522. The Bertz CT molecular complexity index is 425. The van der Waals surface area contributed by atoms with E-state index >= 15 is 0 Å². The lowest BCUT2D eigenvalue weighted by Crippen LogP contribution is -3.05. The maximum Gasteiger partial charge on any atom is 0.441 e. The second-order valence-electron chi connectivity index (χ2n) is 6.76. The maximum absolute atomic E-state index is 3.95. The van der Waals surface area contributed by atoms with Crippen LogP contribution in [0.15, 0.2) is 50.6 Å². The molecule has 0 aromatic carbocycles. The van der Waals surface area contributed by atoms with Crippen molar-refractivity contribution < 1.29 is 9.89 Å². The summed E-state index contributed by atoms with van der Waals surface area (Å²) in [6.45, 7) is 18.0. The summed E-state index contributed by atoms with van der Waals surface area (Å²) in [5, 5.41) is 6.25. The lowest BCUT2D eigenvalue weighted by Gasteiger charge is -2.39. The van der Waals surface area contributed by atoms with Crippen LogP contribution in [0.3, 0.4) is 0 Å². The average molecular weight is 301 g/mol. The van der Waals surface area contributed by atoms with Gasteiger partial charge in [0.25, 0.3) is 0 Å². The molecular formula is C19H31N3+2. The van der Waals surface area contributed by atoms with Gasteiger partial charge >= 0.3 is 5.96 Å². The van der Waals surface area contributed by atoms with Gasteiger partial charge in [-0.1, -0.05) is 24.3 Å². The fraction of sp³-hybridized carbons (Fsp3) is 0.526. The lowest BCUT2D eigenvalue weighted by atomic mass is 9.83. The first-order chi connectivity index (χ1) is 10.6. The van der Waals surface area contributed by atoms with E-state index in [0.29, 0.717) is 0 Å². The number of nitrogens with two attached hydrogens (primary N) is 1. The summed E-state index contributed by atoms with van der Waals surface area (Å²) in [6, 6.07) is 0. The van der Waals surface area contributed by atoms with E-state index in [0.717, 1.165) is 45.2 Å². The summed E-state index contributed by atoms with van der Waals surface area (Å²) < 4.78 is 2.48. The zero-order chi connectivity index (χ0) is 16.1. The van der Waals surface area contributed by atoms with Gasteiger partial charge in [-0.25, -0.2) is 15.2 Å². The van der Waals surface area contributed by atoms with Crippen molar-refractivity contribution in [1.82, 2.24) is 5.32 Å². The highest BCUT2D eigenvalue weighted by Crippen LogP contribution is 2.26. The van der Waals surface area contributed by atoms with Gasteiger partial charge in [-0.2, -0.15) is 0 Å². The molecule has 3 N–H and O–H groups in total. The van der Waals surface area contributed by atoms with E-state index in [4.69, 9.17) is 0 Å². The number of nitrogens with one attached hydrogen (secondary N) is 1. The first-order valence-corrected chi connectivity index (χ1v) is 8.32. The van der Waals surface area contributed by atoms with Crippen molar-refractivity contribution in [2.45, 2.75) is 49.6 Å². The molecule has 22 heavy (non-hydrogen) atoms. The van der Waals surface area contributed by atoms with Crippen LogP contribution in [0, 0.1) is 0 Å². The fourth-order valence-electron chi connectivity index (χ4n) is 3.88. The molecule has 2 rings (SSSR count). The molecule has 2 heterocycles. The Hall–Kier alpha value is -1.61. The first kappa shape index (κ1) is 16.8. The summed E-state index contributed by atoms with van der Waals surface area (Å²) in [4.78, 5) is 0. The average Bonchev–Trinajstić information content (AvgIpc) is 2.48. The molecule has 2 aliphatic rings. The standard InChI is InChI=1S/C19H29N3/c1-5-9-18(10-6-2)13-15-22-16-14-19(11-7-3,12-8-4)21-17(22)20-18/h5-8H,1-4,9-16H2,(H,20,21)/p+2. The summed E-state index contributed by atoms with van der Waals surface area (Å²) >= 11 is 0. The maximum atomic E-state index is 3.95. The van der Waals surface area contributed by atoms with Crippen LogP contribution in [0.1, 0.15) is 38.5 Å². The van der Waals surface area contributed by atoms with Gasteiger partial charge in [-0.3, -0.25) is 0 Å². The van der Waals surface area contributed by atoms with Crippen LogP contribution in [-0.2, 0) is 0 Å². The normalized spacial score (nSPS) is 22.2. The van der Waals surface area contributed by atoms with Gasteiger partial charge < -0.3 is 0 Å². The van der Waals surface area contributed by atoms with Crippen LogP contribution in [0.2, 0.25) is 0 Å². The van der Waals surface area contributed by atoms with E-state index in [2.05, 4.69) is 41.5 Å². The van der Waals surface area contributed by atoms with E-state index in [1.807, 2.05) is 24.3 Å². The number of hydrogen-bond acceptors (Lipinski definition) is 1. The molecule has 0 saturated heterocycles. The highest BCUT2D eigenvalue weighted by atomic mass is 15.3. The number of hydrogen-bond donors (Lipinski definition) is 2. The van der Waals surface area contributed by atoms with Crippen LogP contribution in [0.25, 0.3) is 0 Å². The molecule has 0 aromatic heterocycles. The predicted octanol–water partition coefficient (Wildman–Crippen LogP) is 2.10. The smallest absolute Gasteiger partial charge is 0.237 e. The Balaban J connectivity index is 2.23. The fourth-order valence-corrected chi connectivity index (χ4v) is 3.88. The van der Waals surface area contributed by atoms with Gasteiger partial charge in [-0.15, -0.1) is 26.3 Å². The van der Waals surface area contributed by atoms with Crippen molar-refractivity contribution in [3.63, 3.8) is 0 Å². The summed E-state index contributed by atoms with van der Waals surface area (Å²) in [5.74, 6) is 1.28. The zero-order valence-corrected chi connectivity index (χ0v) is 13.8. The summed E-state index contributed by atoms with van der Waals surface area (Å²) in [5.41, 5.74) is 0.255. The van der Waals surface area contributed by atoms with Crippen molar-refractivity contribution >= 4 is 5.96 Å². The highest BCUT2D eigenvalue weighted by molar-refractivity contribution is 5.67. The molecule has 0 spiro atoms. The molecule has 0 radical (unpaired) electrons. The van der Waals surface area contributed by atoms with Gasteiger partial charge in [0, 0.05) is 38.5 Å². The minimum absolute atomic E-state index is 0.0806. The summed E-state index contributed by atoms with van der Waals surface area (Å²) in [6.07, 6.45) is 14.4. The largest absolute Gasteiger partial charge is 0.441 e. The molecule has 2 aliphatic heterocycles. The highest BCUT2D eigenvalue weighted by Gasteiger charge is 2.48. The number of rotatable bonds is 8. The molecule has 3 nitrogen and oxygen atoms in total. The Morgan fingerprint density at radius 1 is 0.909 bits per heavy atom. The monoisotopic (exact) mass is 301 g/mol. The molecule has 0 atom stereocenters. The van der Waals surface area contributed by atoms with Crippen molar-refractivity contribution in [3.8, 4) is 0 Å². The van der Waals surface area contributed by atoms with Gasteiger partial charge in [0.1, 0.15) is 11.1 Å². The van der Waals surface area contributed by atoms with Crippen molar-refractivity contribution in [2.24, 2.45) is 0 Å². The predicted molar refractivity (Wildman–Crippen MR) is 94.0 cm³/mol. The first-order valence-electron chi connectivity index (χ1n) is 8.32. The van der Waals surface area contributed by atoms with Crippen molar-refractivity contribution in [2.75, 3.05) is 13.1 Å². The molecule has 0 fully saturated rings. The second kappa shape index (κ2) is 7.10. The third-order valence-corrected chi connectivity index (χ3v) is 5.09. The second-order valence-corrected chi connectivity index (χ2v) is 6.76. The van der Waals surface area contributed by atoms with Crippen molar-refractivity contribution in [1.29, 1.82) is 0 Å². The number of quaternary nitrogens is 1. The molecule has 0 unspecified atom stereocenters. The van der Waals surface area contributed by atoms with Gasteiger partial charge in [0.2, 0.25) is 0 Å². The topological polar surface area (TPSA) is 31.6 Å². The Morgan fingerprint density at radius 2 is 1.45 bits per heavy atom. The third kappa shape index (κ3) is 3.41. The van der Waals surface area contributed by atoms with Crippen LogP contribution in [-0.4, -0.2) is 34.7 Å². The van der Waals surface area contributed by atoms with Crippen molar-refractivity contribution in [3.05, 3.63) is 50.6 Å². The Labute approximate surface area is 135 Å². The molecular weight excluding hydrogens is 270 g/mol. The Morgan fingerprint density at radius 3 is 2.00 bits per heavy atom. The molecule has 120 valence electrons. The molecule has 3 heteroatoms. The van der Waals surface area contributed by atoms with Crippen LogP contribution >= 0.6 is 0 Å². The SMILES string of the molecule is C=CCC1(CC=C)CC[N+]2=C(N1)[NH2+]C(CC=C)(CC=C)CC2. The molecule has 0 aromatic rings. The molecule has 0 saturated carbocycles. The molecule has 0 bridgehead atoms. The van der Waals surface area contributed by atoms with E-state index in [-0.39, 0.29) is 11.1 Å². The number of guanidine groups is 1. The van der Waals surface area contributed by atoms with Crippen LogP contribution < -0.4 is 10.6 Å². The zero-order valence-electron chi connectivity index (χ0n) is 13.8. The number of nitrogens with zero attached hydrogens (tertiary/aromatic N) is 1. The van der Waals surface area contributed by atoms with Crippen LogP contribution in [0.5, 0.6) is 0 Å². The van der Waals surface area contributed by atoms with E-state index < -0.39 is 0 Å². The minimum atomic E-state index is 0.0806. The third-order valence-electron chi connectivity index (χ3n) is 5.09. The van der Waals surface area contributed by atoms with Gasteiger partial charge in [0.15, 0.2) is 0 Å². The lowest BCUT2D eigenvalue weighted by molar-refractivity contribution is -0.722. The Kier molecular flexibility index (Phi) is 5.41. The van der Waals surface area contributed by atoms with E-state index in [1.165, 1.54) is 12.4 Å². The summed E-state index contributed by atoms with van der Waals surface area (Å²) in [7, 11) is 0. The molecule has 0 aliphatic carbocycles. The van der Waals surface area contributed by atoms with Gasteiger partial charge in [0.05, 0.1) is 13.1 Å². The van der Waals surface area contributed by atoms with Gasteiger partial charge in [-0.05, 0) is 0 Å². The van der Waals surface area contributed by atoms with Crippen LogP contribution in [0.4, 0.5) is 0 Å². The molecule has 0 amide bonds. The van der Waals surface area contributed by atoms with E-state index in [9.17, 15) is 0 Å².